The third-order valence-corrected chi connectivity index (χ3v) is 4.13. The number of hydrogen-bond acceptors (Lipinski definition) is 3. The molecule has 0 saturated carbocycles. The molecule has 0 aliphatic rings. The first-order chi connectivity index (χ1) is 12.2. The zero-order valence-electron chi connectivity index (χ0n) is 14.4. The van der Waals surface area contributed by atoms with Crippen LogP contribution in [-0.2, 0) is 17.8 Å². The molecule has 3 rings (SSSR count). The SMILES string of the molecule is Cc1cnc(-c2ccncc2)n1CCNC(=O)CCc1ccccc1. The first-order valence-corrected chi connectivity index (χ1v) is 8.47. The Labute approximate surface area is 147 Å². The molecule has 0 aliphatic carbocycles. The molecule has 0 spiro atoms. The van der Waals surface area contributed by atoms with E-state index >= 15 is 0 Å². The topological polar surface area (TPSA) is 59.8 Å². The van der Waals surface area contributed by atoms with Crippen LogP contribution in [-0.4, -0.2) is 27.0 Å². The lowest BCUT2D eigenvalue weighted by Crippen LogP contribution is -2.27. The molecule has 5 nitrogen and oxygen atoms in total. The van der Waals surface area contributed by atoms with Crippen LogP contribution in [0.4, 0.5) is 0 Å². The van der Waals surface area contributed by atoms with Gasteiger partial charge in [-0.1, -0.05) is 30.3 Å². The molecule has 0 saturated heterocycles. The van der Waals surface area contributed by atoms with E-state index in [4.69, 9.17) is 0 Å². The van der Waals surface area contributed by atoms with Gasteiger partial charge in [0.2, 0.25) is 5.91 Å². The van der Waals surface area contributed by atoms with Crippen LogP contribution in [0.5, 0.6) is 0 Å². The summed E-state index contributed by atoms with van der Waals surface area (Å²) in [6.45, 7) is 3.30. The minimum atomic E-state index is 0.0760. The first-order valence-electron chi connectivity index (χ1n) is 8.47. The summed E-state index contributed by atoms with van der Waals surface area (Å²) >= 11 is 0. The highest BCUT2D eigenvalue weighted by molar-refractivity contribution is 5.76. The van der Waals surface area contributed by atoms with E-state index < -0.39 is 0 Å². The number of nitrogens with zero attached hydrogens (tertiary/aromatic N) is 3. The third-order valence-electron chi connectivity index (χ3n) is 4.13. The Bertz CT molecular complexity index is 812. The van der Waals surface area contributed by atoms with Gasteiger partial charge in [0.25, 0.3) is 0 Å². The highest BCUT2D eigenvalue weighted by Gasteiger charge is 2.09. The Hall–Kier alpha value is -2.95. The molecule has 3 aromatic rings. The number of aromatic nitrogens is 3. The number of carbonyl (C=O) groups excluding carboxylic acids is 1. The summed E-state index contributed by atoms with van der Waals surface area (Å²) in [5.74, 6) is 0.977. The van der Waals surface area contributed by atoms with Gasteiger partial charge < -0.3 is 9.88 Å². The highest BCUT2D eigenvalue weighted by atomic mass is 16.1. The average Bonchev–Trinajstić information content (AvgIpc) is 3.02. The molecular weight excluding hydrogens is 312 g/mol. The summed E-state index contributed by atoms with van der Waals surface area (Å²) in [6.07, 6.45) is 6.64. The molecule has 128 valence electrons. The fourth-order valence-corrected chi connectivity index (χ4v) is 2.77. The van der Waals surface area contributed by atoms with E-state index in [1.54, 1.807) is 12.4 Å². The molecule has 1 amide bonds. The van der Waals surface area contributed by atoms with Crippen LogP contribution in [0.1, 0.15) is 17.7 Å². The fourth-order valence-electron chi connectivity index (χ4n) is 2.77. The molecule has 0 atom stereocenters. The lowest BCUT2D eigenvalue weighted by molar-refractivity contribution is -0.121. The molecule has 0 bridgehead atoms. The van der Waals surface area contributed by atoms with Crippen molar-refractivity contribution in [1.29, 1.82) is 0 Å². The minimum absolute atomic E-state index is 0.0760. The smallest absolute Gasteiger partial charge is 0.220 e. The van der Waals surface area contributed by atoms with E-state index in [-0.39, 0.29) is 5.91 Å². The molecule has 0 unspecified atom stereocenters. The van der Waals surface area contributed by atoms with Gasteiger partial charge in [-0.2, -0.15) is 0 Å². The van der Waals surface area contributed by atoms with Crippen LogP contribution in [0, 0.1) is 6.92 Å². The van der Waals surface area contributed by atoms with Crippen molar-refractivity contribution in [3.63, 3.8) is 0 Å². The van der Waals surface area contributed by atoms with Crippen LogP contribution in [0.3, 0.4) is 0 Å². The Morgan fingerprint density at radius 1 is 1.12 bits per heavy atom. The van der Waals surface area contributed by atoms with Crippen LogP contribution in [0.2, 0.25) is 0 Å². The van der Waals surface area contributed by atoms with Gasteiger partial charge >= 0.3 is 0 Å². The second-order valence-corrected chi connectivity index (χ2v) is 5.95. The van der Waals surface area contributed by atoms with Gasteiger partial charge in [0.05, 0.1) is 0 Å². The maximum atomic E-state index is 12.0. The Balaban J connectivity index is 1.52. The van der Waals surface area contributed by atoms with E-state index in [0.717, 1.165) is 23.5 Å². The van der Waals surface area contributed by atoms with Gasteiger partial charge in [0.1, 0.15) is 5.82 Å². The minimum Gasteiger partial charge on any atom is -0.354 e. The standard InChI is InChI=1S/C20H22N4O/c1-16-15-23-20(18-9-11-21-12-10-18)24(16)14-13-22-19(25)8-7-17-5-3-2-4-6-17/h2-6,9-12,15H,7-8,13-14H2,1H3,(H,22,25). The predicted octanol–water partition coefficient (Wildman–Crippen LogP) is 3.00. The second kappa shape index (κ2) is 8.24. The van der Waals surface area contributed by atoms with Crippen LogP contribution in [0.25, 0.3) is 11.4 Å². The summed E-state index contributed by atoms with van der Waals surface area (Å²) < 4.78 is 2.12. The first kappa shape index (κ1) is 16.9. The van der Waals surface area contributed by atoms with Gasteiger partial charge in [0.15, 0.2) is 0 Å². The number of nitrogens with one attached hydrogen (secondary N) is 1. The number of carbonyl (C=O) groups is 1. The quantitative estimate of drug-likeness (QED) is 0.722. The van der Waals surface area contributed by atoms with Crippen molar-refractivity contribution in [3.8, 4) is 11.4 Å². The van der Waals surface area contributed by atoms with Gasteiger partial charge in [-0.3, -0.25) is 9.78 Å². The Morgan fingerprint density at radius 2 is 1.88 bits per heavy atom. The Kier molecular flexibility index (Phi) is 5.57. The molecule has 1 N–H and O–H groups in total. The molecule has 25 heavy (non-hydrogen) atoms. The van der Waals surface area contributed by atoms with Crippen molar-refractivity contribution in [3.05, 3.63) is 72.3 Å². The summed E-state index contributed by atoms with van der Waals surface area (Å²) in [7, 11) is 0. The largest absolute Gasteiger partial charge is 0.354 e. The molecule has 0 aliphatic heterocycles. The van der Waals surface area contributed by atoms with Crippen molar-refractivity contribution in [2.75, 3.05) is 6.54 Å². The number of benzene rings is 1. The van der Waals surface area contributed by atoms with Crippen molar-refractivity contribution in [2.24, 2.45) is 0 Å². The summed E-state index contributed by atoms with van der Waals surface area (Å²) in [4.78, 5) is 20.6. The van der Waals surface area contributed by atoms with E-state index in [1.165, 1.54) is 5.56 Å². The van der Waals surface area contributed by atoms with Crippen LogP contribution < -0.4 is 5.32 Å². The van der Waals surface area contributed by atoms with E-state index in [0.29, 0.717) is 19.5 Å². The molecule has 0 radical (unpaired) electrons. The van der Waals surface area contributed by atoms with Crippen molar-refractivity contribution in [2.45, 2.75) is 26.3 Å². The monoisotopic (exact) mass is 334 g/mol. The molecule has 1 aromatic carbocycles. The fraction of sp³-hybridized carbons (Fsp3) is 0.250. The van der Waals surface area contributed by atoms with Gasteiger partial charge in [0, 0.05) is 49.4 Å². The number of imidazole rings is 1. The number of hydrogen-bond donors (Lipinski definition) is 1. The maximum Gasteiger partial charge on any atom is 0.220 e. The van der Waals surface area contributed by atoms with E-state index in [9.17, 15) is 4.79 Å². The second-order valence-electron chi connectivity index (χ2n) is 5.95. The molecule has 2 heterocycles. The van der Waals surface area contributed by atoms with Crippen molar-refractivity contribution in [1.82, 2.24) is 19.9 Å². The zero-order valence-corrected chi connectivity index (χ0v) is 14.4. The van der Waals surface area contributed by atoms with Gasteiger partial charge in [-0.05, 0) is 31.0 Å². The third kappa shape index (κ3) is 4.53. The Morgan fingerprint density at radius 3 is 2.64 bits per heavy atom. The van der Waals surface area contributed by atoms with Crippen LogP contribution >= 0.6 is 0 Å². The molecule has 0 fully saturated rings. The molecular formula is C20H22N4O. The number of pyridine rings is 1. The normalized spacial score (nSPS) is 10.6. The maximum absolute atomic E-state index is 12.0. The van der Waals surface area contributed by atoms with Crippen molar-refractivity contribution < 1.29 is 4.79 Å². The van der Waals surface area contributed by atoms with Gasteiger partial charge in [-0.15, -0.1) is 0 Å². The lowest BCUT2D eigenvalue weighted by Gasteiger charge is -2.11. The highest BCUT2D eigenvalue weighted by Crippen LogP contribution is 2.18. The summed E-state index contributed by atoms with van der Waals surface area (Å²) in [6, 6.07) is 13.9. The molecule has 2 aromatic heterocycles. The van der Waals surface area contributed by atoms with Crippen LogP contribution in [0.15, 0.2) is 61.1 Å². The van der Waals surface area contributed by atoms with E-state index in [2.05, 4.69) is 19.9 Å². The van der Waals surface area contributed by atoms with E-state index in [1.807, 2.05) is 55.6 Å². The molecule has 5 heteroatoms. The average molecular weight is 334 g/mol. The van der Waals surface area contributed by atoms with Crippen molar-refractivity contribution >= 4 is 5.91 Å². The zero-order chi connectivity index (χ0) is 17.5. The lowest BCUT2D eigenvalue weighted by atomic mass is 10.1. The number of rotatable bonds is 7. The number of aryl methyl sites for hydroxylation is 2. The summed E-state index contributed by atoms with van der Waals surface area (Å²) in [5, 5.41) is 3.00. The van der Waals surface area contributed by atoms with Gasteiger partial charge in [-0.25, -0.2) is 4.98 Å². The summed E-state index contributed by atoms with van der Waals surface area (Å²) in [5.41, 5.74) is 3.28. The number of amides is 1. The predicted molar refractivity (Wildman–Crippen MR) is 98.0 cm³/mol.